The van der Waals surface area contributed by atoms with Gasteiger partial charge in [-0.15, -0.1) is 0 Å². The van der Waals surface area contributed by atoms with E-state index in [1.807, 2.05) is 18.2 Å². The summed E-state index contributed by atoms with van der Waals surface area (Å²) in [5.41, 5.74) is 7.52. The molecule has 0 aliphatic carbocycles. The summed E-state index contributed by atoms with van der Waals surface area (Å²) in [6.07, 6.45) is 0.996. The standard InChI is InChI=1S/C16H21NO/c1-11(2)10-15(17)13-8-9-16(18-3)14-7-5-4-6-12(13)14/h4-9,11,15H,10,17H2,1-3H3. The van der Waals surface area contributed by atoms with E-state index in [9.17, 15) is 0 Å². The van der Waals surface area contributed by atoms with Gasteiger partial charge in [0.25, 0.3) is 0 Å². The molecule has 0 aliphatic heterocycles. The van der Waals surface area contributed by atoms with Gasteiger partial charge in [0.15, 0.2) is 0 Å². The van der Waals surface area contributed by atoms with Gasteiger partial charge in [-0.3, -0.25) is 0 Å². The van der Waals surface area contributed by atoms with E-state index in [0.717, 1.165) is 17.6 Å². The maximum Gasteiger partial charge on any atom is 0.126 e. The summed E-state index contributed by atoms with van der Waals surface area (Å²) in [5.74, 6) is 1.51. The van der Waals surface area contributed by atoms with E-state index in [1.54, 1.807) is 7.11 Å². The van der Waals surface area contributed by atoms with Crippen molar-refractivity contribution in [3.8, 4) is 5.75 Å². The highest BCUT2D eigenvalue weighted by Gasteiger charge is 2.13. The molecule has 2 aromatic rings. The van der Waals surface area contributed by atoms with Crippen molar-refractivity contribution in [3.63, 3.8) is 0 Å². The van der Waals surface area contributed by atoms with Gasteiger partial charge in [0.05, 0.1) is 7.11 Å². The average molecular weight is 243 g/mol. The normalized spacial score (nSPS) is 12.9. The number of fused-ring (bicyclic) bond motifs is 1. The van der Waals surface area contributed by atoms with Crippen LogP contribution in [0.15, 0.2) is 36.4 Å². The van der Waals surface area contributed by atoms with Gasteiger partial charge in [-0.1, -0.05) is 44.2 Å². The first-order valence-electron chi connectivity index (χ1n) is 6.44. The molecule has 2 aromatic carbocycles. The van der Waals surface area contributed by atoms with Gasteiger partial charge in [-0.05, 0) is 29.4 Å². The van der Waals surface area contributed by atoms with Crippen LogP contribution in [0.5, 0.6) is 5.75 Å². The van der Waals surface area contributed by atoms with Crippen LogP contribution in [-0.4, -0.2) is 7.11 Å². The molecule has 0 saturated heterocycles. The summed E-state index contributed by atoms with van der Waals surface area (Å²) >= 11 is 0. The molecule has 2 heteroatoms. The first-order valence-corrected chi connectivity index (χ1v) is 6.44. The summed E-state index contributed by atoms with van der Waals surface area (Å²) < 4.78 is 5.40. The second-order valence-electron chi connectivity index (χ2n) is 5.14. The molecule has 0 amide bonds. The zero-order valence-electron chi connectivity index (χ0n) is 11.3. The fourth-order valence-corrected chi connectivity index (χ4v) is 2.43. The third-order valence-electron chi connectivity index (χ3n) is 3.26. The van der Waals surface area contributed by atoms with E-state index < -0.39 is 0 Å². The van der Waals surface area contributed by atoms with Crippen LogP contribution >= 0.6 is 0 Å². The van der Waals surface area contributed by atoms with Crippen molar-refractivity contribution in [3.05, 3.63) is 42.0 Å². The molecule has 18 heavy (non-hydrogen) atoms. The Labute approximate surface area is 109 Å². The van der Waals surface area contributed by atoms with Crippen molar-refractivity contribution in [2.75, 3.05) is 7.11 Å². The Bertz CT molecular complexity index is 534. The molecule has 0 radical (unpaired) electrons. The van der Waals surface area contributed by atoms with Crippen molar-refractivity contribution in [1.29, 1.82) is 0 Å². The number of benzene rings is 2. The Morgan fingerprint density at radius 1 is 1.06 bits per heavy atom. The fraction of sp³-hybridized carbons (Fsp3) is 0.375. The highest BCUT2D eigenvalue weighted by atomic mass is 16.5. The topological polar surface area (TPSA) is 35.2 Å². The predicted octanol–water partition coefficient (Wildman–Crippen LogP) is 3.89. The van der Waals surface area contributed by atoms with Crippen LogP contribution in [0.3, 0.4) is 0 Å². The van der Waals surface area contributed by atoms with Crippen LogP contribution in [0.4, 0.5) is 0 Å². The Morgan fingerprint density at radius 3 is 2.33 bits per heavy atom. The molecule has 0 aromatic heterocycles. The molecule has 2 nitrogen and oxygen atoms in total. The van der Waals surface area contributed by atoms with Crippen LogP contribution in [0.1, 0.15) is 31.9 Å². The van der Waals surface area contributed by atoms with Gasteiger partial charge in [-0.25, -0.2) is 0 Å². The Balaban J connectivity index is 2.52. The van der Waals surface area contributed by atoms with Gasteiger partial charge >= 0.3 is 0 Å². The van der Waals surface area contributed by atoms with E-state index in [1.165, 1.54) is 10.9 Å². The Morgan fingerprint density at radius 2 is 1.72 bits per heavy atom. The lowest BCUT2D eigenvalue weighted by Crippen LogP contribution is -2.13. The molecular formula is C16H21NO. The molecular weight excluding hydrogens is 222 g/mol. The monoisotopic (exact) mass is 243 g/mol. The lowest BCUT2D eigenvalue weighted by Gasteiger charge is -2.18. The number of ether oxygens (including phenoxy) is 1. The van der Waals surface area contributed by atoms with Crippen LogP contribution in [-0.2, 0) is 0 Å². The first kappa shape index (κ1) is 12.9. The molecule has 0 spiro atoms. The maximum atomic E-state index is 6.31. The molecule has 0 fully saturated rings. The molecule has 0 aliphatic rings. The molecule has 2 N–H and O–H groups in total. The lowest BCUT2D eigenvalue weighted by molar-refractivity contribution is 0.419. The summed E-state index contributed by atoms with van der Waals surface area (Å²) in [5, 5.41) is 2.33. The molecule has 2 rings (SSSR count). The number of hydrogen-bond donors (Lipinski definition) is 1. The third-order valence-corrected chi connectivity index (χ3v) is 3.26. The fourth-order valence-electron chi connectivity index (χ4n) is 2.43. The maximum absolute atomic E-state index is 6.31. The van der Waals surface area contributed by atoms with Gasteiger partial charge in [0.2, 0.25) is 0 Å². The van der Waals surface area contributed by atoms with Crippen LogP contribution < -0.4 is 10.5 Å². The largest absolute Gasteiger partial charge is 0.496 e. The summed E-state index contributed by atoms with van der Waals surface area (Å²) in [4.78, 5) is 0. The van der Waals surface area contributed by atoms with E-state index in [0.29, 0.717) is 5.92 Å². The first-order chi connectivity index (χ1) is 8.63. The minimum atomic E-state index is 0.0841. The highest BCUT2D eigenvalue weighted by molar-refractivity contribution is 5.91. The van der Waals surface area contributed by atoms with Crippen molar-refractivity contribution < 1.29 is 4.74 Å². The molecule has 0 bridgehead atoms. The summed E-state index contributed by atoms with van der Waals surface area (Å²) in [6.45, 7) is 4.40. The van der Waals surface area contributed by atoms with Crippen molar-refractivity contribution in [1.82, 2.24) is 0 Å². The molecule has 1 atom stereocenters. The molecule has 0 saturated carbocycles. The number of methoxy groups -OCH3 is 1. The zero-order valence-corrected chi connectivity index (χ0v) is 11.3. The summed E-state index contributed by atoms with van der Waals surface area (Å²) in [6, 6.07) is 12.5. The minimum absolute atomic E-state index is 0.0841. The smallest absolute Gasteiger partial charge is 0.126 e. The lowest BCUT2D eigenvalue weighted by atomic mass is 9.93. The Hall–Kier alpha value is -1.54. The number of nitrogens with two attached hydrogens (primary N) is 1. The second kappa shape index (κ2) is 5.40. The van der Waals surface area contributed by atoms with Gasteiger partial charge in [0, 0.05) is 11.4 Å². The van der Waals surface area contributed by atoms with E-state index in [4.69, 9.17) is 10.5 Å². The predicted molar refractivity (Wildman–Crippen MR) is 76.9 cm³/mol. The SMILES string of the molecule is COc1ccc(C(N)CC(C)C)c2ccccc12. The zero-order chi connectivity index (χ0) is 13.1. The van der Waals surface area contributed by atoms with Gasteiger partial charge in [0.1, 0.15) is 5.75 Å². The average Bonchev–Trinajstić information content (AvgIpc) is 2.36. The van der Waals surface area contributed by atoms with Crippen molar-refractivity contribution in [2.24, 2.45) is 11.7 Å². The second-order valence-corrected chi connectivity index (χ2v) is 5.14. The van der Waals surface area contributed by atoms with E-state index >= 15 is 0 Å². The van der Waals surface area contributed by atoms with Crippen LogP contribution in [0, 0.1) is 5.92 Å². The third kappa shape index (κ3) is 2.49. The number of hydrogen-bond acceptors (Lipinski definition) is 2. The van der Waals surface area contributed by atoms with Crippen molar-refractivity contribution >= 4 is 10.8 Å². The van der Waals surface area contributed by atoms with Crippen molar-refractivity contribution in [2.45, 2.75) is 26.3 Å². The minimum Gasteiger partial charge on any atom is -0.496 e. The summed E-state index contributed by atoms with van der Waals surface area (Å²) in [7, 11) is 1.70. The van der Waals surface area contributed by atoms with E-state index in [-0.39, 0.29) is 6.04 Å². The van der Waals surface area contributed by atoms with Crippen LogP contribution in [0.25, 0.3) is 10.8 Å². The van der Waals surface area contributed by atoms with Gasteiger partial charge < -0.3 is 10.5 Å². The Kier molecular flexibility index (Phi) is 3.87. The number of rotatable bonds is 4. The quantitative estimate of drug-likeness (QED) is 0.884. The molecule has 1 unspecified atom stereocenters. The van der Waals surface area contributed by atoms with E-state index in [2.05, 4.69) is 32.0 Å². The van der Waals surface area contributed by atoms with Crippen LogP contribution in [0.2, 0.25) is 0 Å². The highest BCUT2D eigenvalue weighted by Crippen LogP contribution is 2.32. The molecule has 96 valence electrons. The van der Waals surface area contributed by atoms with Gasteiger partial charge in [-0.2, -0.15) is 0 Å². The molecule has 0 heterocycles.